The number of likely N-dealkylation sites (N-methyl/N-ethyl adjacent to an activating group) is 2. The topological polar surface area (TPSA) is 125 Å². The molecule has 39 heavy (non-hydrogen) atoms. The molecule has 0 heterocycles. The molecule has 0 radical (unpaired) electrons. The molecule has 0 aliphatic heterocycles. The second-order valence-corrected chi connectivity index (χ2v) is 10.8. The van der Waals surface area contributed by atoms with Crippen LogP contribution in [-0.2, 0) is 30.5 Å². The molecule has 1 rings (SSSR count). The summed E-state index contributed by atoms with van der Waals surface area (Å²) in [5.41, 5.74) is 0.825. The van der Waals surface area contributed by atoms with E-state index in [1.807, 2.05) is 71.9 Å². The molecular formula is C29H47N3O7. The SMILES string of the molecule is CCC(C)[C@@H]([C@@H](CC(=O)O)OC)N(C)C(=O)[C@@H](NC(=O)[C@H](C(C)C)N(C)C(=O)OCc1ccccc1)C(C)C. The average molecular weight is 550 g/mol. The molecule has 220 valence electrons. The van der Waals surface area contributed by atoms with Crippen molar-refractivity contribution in [2.45, 2.75) is 85.2 Å². The number of rotatable bonds is 15. The van der Waals surface area contributed by atoms with Crippen LogP contribution in [0, 0.1) is 17.8 Å². The highest BCUT2D eigenvalue weighted by Gasteiger charge is 2.39. The Labute approximate surface area is 233 Å². The fraction of sp³-hybridized carbons (Fsp3) is 0.655. The van der Waals surface area contributed by atoms with Crippen molar-refractivity contribution in [3.8, 4) is 0 Å². The first-order chi connectivity index (χ1) is 18.3. The normalized spacial score (nSPS) is 15.2. The quantitative estimate of drug-likeness (QED) is 0.341. The van der Waals surface area contributed by atoms with Crippen LogP contribution in [0.15, 0.2) is 30.3 Å². The van der Waals surface area contributed by atoms with E-state index in [9.17, 15) is 24.3 Å². The molecule has 0 fully saturated rings. The van der Waals surface area contributed by atoms with Gasteiger partial charge in [-0.2, -0.15) is 0 Å². The van der Waals surface area contributed by atoms with Crippen molar-refractivity contribution < 1.29 is 33.8 Å². The van der Waals surface area contributed by atoms with Gasteiger partial charge in [-0.15, -0.1) is 0 Å². The summed E-state index contributed by atoms with van der Waals surface area (Å²) in [4.78, 5) is 54.3. The number of carboxylic acid groups (broad SMARTS) is 1. The van der Waals surface area contributed by atoms with Gasteiger partial charge in [0.15, 0.2) is 0 Å². The summed E-state index contributed by atoms with van der Waals surface area (Å²) in [7, 11) is 4.55. The maximum absolute atomic E-state index is 13.7. The highest BCUT2D eigenvalue weighted by Crippen LogP contribution is 2.23. The lowest BCUT2D eigenvalue weighted by Crippen LogP contribution is -2.60. The third-order valence-electron chi connectivity index (χ3n) is 7.12. The van der Waals surface area contributed by atoms with Crippen LogP contribution >= 0.6 is 0 Å². The van der Waals surface area contributed by atoms with Crippen molar-refractivity contribution in [2.24, 2.45) is 17.8 Å². The fourth-order valence-corrected chi connectivity index (χ4v) is 4.73. The van der Waals surface area contributed by atoms with Crippen LogP contribution in [0.1, 0.15) is 59.9 Å². The largest absolute Gasteiger partial charge is 0.481 e. The summed E-state index contributed by atoms with van der Waals surface area (Å²) in [6.07, 6.45) is -0.923. The fourth-order valence-electron chi connectivity index (χ4n) is 4.73. The highest BCUT2D eigenvalue weighted by atomic mass is 16.6. The van der Waals surface area contributed by atoms with Crippen molar-refractivity contribution in [1.29, 1.82) is 0 Å². The minimum atomic E-state index is -1.02. The number of carbonyl (C=O) groups excluding carboxylic acids is 3. The third kappa shape index (κ3) is 9.84. The van der Waals surface area contributed by atoms with Gasteiger partial charge < -0.3 is 24.8 Å². The molecule has 0 aliphatic rings. The van der Waals surface area contributed by atoms with Gasteiger partial charge in [0.05, 0.1) is 18.6 Å². The number of ether oxygens (including phenoxy) is 2. The van der Waals surface area contributed by atoms with Gasteiger partial charge in [-0.3, -0.25) is 19.3 Å². The zero-order valence-corrected chi connectivity index (χ0v) is 24.8. The van der Waals surface area contributed by atoms with Crippen molar-refractivity contribution in [3.63, 3.8) is 0 Å². The van der Waals surface area contributed by atoms with Crippen LogP contribution in [0.3, 0.4) is 0 Å². The summed E-state index contributed by atoms with van der Waals surface area (Å²) in [5.74, 6) is -2.44. The number of amides is 3. The number of benzene rings is 1. The van der Waals surface area contributed by atoms with Crippen LogP contribution in [0.25, 0.3) is 0 Å². The van der Waals surface area contributed by atoms with E-state index >= 15 is 0 Å². The summed E-state index contributed by atoms with van der Waals surface area (Å²) >= 11 is 0. The predicted molar refractivity (Wildman–Crippen MR) is 149 cm³/mol. The monoisotopic (exact) mass is 549 g/mol. The predicted octanol–water partition coefficient (Wildman–Crippen LogP) is 3.78. The number of methoxy groups -OCH3 is 1. The first-order valence-corrected chi connectivity index (χ1v) is 13.5. The third-order valence-corrected chi connectivity index (χ3v) is 7.12. The number of hydrogen-bond acceptors (Lipinski definition) is 6. The van der Waals surface area contributed by atoms with Crippen molar-refractivity contribution in [3.05, 3.63) is 35.9 Å². The lowest BCUT2D eigenvalue weighted by molar-refractivity contribution is -0.148. The van der Waals surface area contributed by atoms with E-state index in [-0.39, 0.29) is 36.7 Å². The van der Waals surface area contributed by atoms with Crippen molar-refractivity contribution in [1.82, 2.24) is 15.1 Å². The van der Waals surface area contributed by atoms with E-state index < -0.39 is 42.2 Å². The molecule has 0 aliphatic carbocycles. The molecule has 1 unspecified atom stereocenters. The van der Waals surface area contributed by atoms with E-state index in [1.54, 1.807) is 7.05 Å². The van der Waals surface area contributed by atoms with Gasteiger partial charge in [0.1, 0.15) is 18.7 Å². The molecule has 0 bridgehead atoms. The maximum atomic E-state index is 13.7. The molecule has 10 heteroatoms. The molecule has 2 N–H and O–H groups in total. The Balaban J connectivity index is 3.12. The lowest BCUT2D eigenvalue weighted by Gasteiger charge is -2.40. The molecule has 5 atom stereocenters. The summed E-state index contributed by atoms with van der Waals surface area (Å²) in [6.45, 7) is 11.3. The zero-order chi connectivity index (χ0) is 29.9. The summed E-state index contributed by atoms with van der Waals surface area (Å²) in [5, 5.41) is 12.2. The average Bonchev–Trinajstić information content (AvgIpc) is 2.89. The van der Waals surface area contributed by atoms with Crippen molar-refractivity contribution in [2.75, 3.05) is 21.2 Å². The van der Waals surface area contributed by atoms with Crippen LogP contribution in [0.2, 0.25) is 0 Å². The Bertz CT molecular complexity index is 938. The number of carboxylic acids is 1. The van der Waals surface area contributed by atoms with Gasteiger partial charge >= 0.3 is 12.1 Å². The van der Waals surface area contributed by atoms with Gasteiger partial charge in [0.2, 0.25) is 11.8 Å². The second kappa shape index (κ2) is 16.1. The highest BCUT2D eigenvalue weighted by molar-refractivity contribution is 5.91. The van der Waals surface area contributed by atoms with Crippen LogP contribution < -0.4 is 5.32 Å². The Hall–Kier alpha value is -3.14. The molecule has 10 nitrogen and oxygen atoms in total. The molecule has 0 aromatic heterocycles. The molecule has 0 spiro atoms. The molecule has 1 aromatic rings. The van der Waals surface area contributed by atoms with E-state index in [2.05, 4.69) is 5.32 Å². The molecular weight excluding hydrogens is 502 g/mol. The smallest absolute Gasteiger partial charge is 0.410 e. The van der Waals surface area contributed by atoms with E-state index in [1.165, 1.54) is 24.0 Å². The van der Waals surface area contributed by atoms with Gasteiger partial charge in [0, 0.05) is 21.2 Å². The Morgan fingerprint density at radius 2 is 1.54 bits per heavy atom. The van der Waals surface area contributed by atoms with Crippen LogP contribution in [0.4, 0.5) is 4.79 Å². The zero-order valence-electron chi connectivity index (χ0n) is 24.8. The van der Waals surface area contributed by atoms with Crippen LogP contribution in [-0.4, -0.2) is 84.2 Å². The first kappa shape index (κ1) is 33.9. The minimum absolute atomic E-state index is 0.0549. The molecule has 1 aromatic carbocycles. The lowest BCUT2D eigenvalue weighted by atomic mass is 9.90. The Morgan fingerprint density at radius 1 is 0.949 bits per heavy atom. The first-order valence-electron chi connectivity index (χ1n) is 13.5. The summed E-state index contributed by atoms with van der Waals surface area (Å²) < 4.78 is 10.9. The number of carbonyl (C=O) groups is 4. The van der Waals surface area contributed by atoms with Gasteiger partial charge in [-0.05, 0) is 23.3 Å². The van der Waals surface area contributed by atoms with Gasteiger partial charge in [0.25, 0.3) is 0 Å². The van der Waals surface area contributed by atoms with E-state index in [0.29, 0.717) is 6.42 Å². The molecule has 0 saturated heterocycles. The second-order valence-electron chi connectivity index (χ2n) is 10.8. The number of nitrogens with zero attached hydrogens (tertiary/aromatic N) is 2. The Morgan fingerprint density at radius 3 is 2.00 bits per heavy atom. The van der Waals surface area contributed by atoms with Crippen LogP contribution in [0.5, 0.6) is 0 Å². The van der Waals surface area contributed by atoms with Gasteiger partial charge in [-0.1, -0.05) is 78.3 Å². The minimum Gasteiger partial charge on any atom is -0.481 e. The number of hydrogen-bond donors (Lipinski definition) is 2. The standard InChI is InChI=1S/C29H47N3O7/c1-10-20(6)26(22(38-9)16-23(33)34)31(7)28(36)24(18(2)3)30-27(35)25(19(4)5)32(8)29(37)39-17-21-14-12-11-13-15-21/h11-15,18-20,22,24-26H,10,16-17H2,1-9H3,(H,30,35)(H,33,34)/t20?,22-,24+,25+,26+/m1/s1. The number of nitrogens with one attached hydrogen (secondary N) is 1. The maximum Gasteiger partial charge on any atom is 0.410 e. The summed E-state index contributed by atoms with van der Waals surface area (Å²) in [6, 6.07) is 6.95. The molecule has 3 amide bonds. The molecule has 0 saturated carbocycles. The van der Waals surface area contributed by atoms with Gasteiger partial charge in [-0.25, -0.2) is 4.79 Å². The van der Waals surface area contributed by atoms with E-state index in [0.717, 1.165) is 5.56 Å². The van der Waals surface area contributed by atoms with E-state index in [4.69, 9.17) is 9.47 Å². The Kier molecular flexibility index (Phi) is 14.0. The number of aliphatic carboxylic acids is 1. The van der Waals surface area contributed by atoms with Crippen molar-refractivity contribution >= 4 is 23.9 Å².